The fourth-order valence-electron chi connectivity index (χ4n) is 2.21. The molecule has 0 bridgehead atoms. The third-order valence-electron chi connectivity index (χ3n) is 3.05. The minimum atomic E-state index is 0.0328. The third kappa shape index (κ3) is 2.40. The monoisotopic (exact) mass is 248 g/mol. The van der Waals surface area contributed by atoms with Crippen LogP contribution in [0.25, 0.3) is 0 Å². The number of benzene rings is 2. The van der Waals surface area contributed by atoms with Crippen molar-refractivity contribution in [2.24, 2.45) is 0 Å². The van der Waals surface area contributed by atoms with Gasteiger partial charge in [-0.25, -0.2) is 4.68 Å². The molecule has 1 radical (unpaired) electrons. The highest BCUT2D eigenvalue weighted by Crippen LogP contribution is 2.25. The molecule has 93 valence electrons. The first kappa shape index (κ1) is 11.7. The maximum atomic E-state index is 4.17. The molecule has 3 aromatic rings. The van der Waals surface area contributed by atoms with Crippen LogP contribution in [0, 0.1) is 6.92 Å². The van der Waals surface area contributed by atoms with E-state index < -0.39 is 0 Å². The molecule has 3 heteroatoms. The highest BCUT2D eigenvalue weighted by atomic mass is 15.4. The normalized spacial score (nSPS) is 10.8. The summed E-state index contributed by atoms with van der Waals surface area (Å²) in [4.78, 5) is 0. The van der Waals surface area contributed by atoms with Crippen molar-refractivity contribution in [2.75, 3.05) is 0 Å². The van der Waals surface area contributed by atoms with Crippen LogP contribution in [0.15, 0.2) is 66.9 Å². The molecule has 1 aromatic heterocycles. The Balaban J connectivity index is 2.11. The van der Waals surface area contributed by atoms with Gasteiger partial charge in [-0.05, 0) is 18.1 Å². The van der Waals surface area contributed by atoms with Crippen LogP contribution in [0.4, 0.5) is 0 Å². The fourth-order valence-corrected chi connectivity index (χ4v) is 2.21. The molecular weight excluding hydrogens is 234 g/mol. The van der Waals surface area contributed by atoms with Crippen LogP contribution in [-0.2, 0) is 0 Å². The number of nitrogens with zero attached hydrogens (tertiary/aromatic N) is 3. The van der Waals surface area contributed by atoms with E-state index in [9.17, 15) is 0 Å². The Bertz CT molecular complexity index is 605. The topological polar surface area (TPSA) is 30.7 Å². The highest BCUT2D eigenvalue weighted by Gasteiger charge is 2.16. The summed E-state index contributed by atoms with van der Waals surface area (Å²) in [6.45, 7) is 3.82. The lowest BCUT2D eigenvalue weighted by atomic mass is 9.99. The van der Waals surface area contributed by atoms with E-state index in [4.69, 9.17) is 0 Å². The van der Waals surface area contributed by atoms with E-state index in [1.807, 2.05) is 47.3 Å². The molecule has 0 atom stereocenters. The highest BCUT2D eigenvalue weighted by molar-refractivity contribution is 5.32. The van der Waals surface area contributed by atoms with Gasteiger partial charge in [-0.15, -0.1) is 5.10 Å². The summed E-state index contributed by atoms with van der Waals surface area (Å²) in [6.07, 6.45) is 1.87. The predicted octanol–water partition coefficient (Wildman–Crippen LogP) is 3.10. The van der Waals surface area contributed by atoms with Crippen LogP contribution < -0.4 is 0 Å². The van der Waals surface area contributed by atoms with Gasteiger partial charge in [0, 0.05) is 6.20 Å². The van der Waals surface area contributed by atoms with Crippen molar-refractivity contribution in [3.05, 3.63) is 90.6 Å². The molecular formula is C16H14N3. The summed E-state index contributed by atoms with van der Waals surface area (Å²) >= 11 is 0. The van der Waals surface area contributed by atoms with E-state index in [2.05, 4.69) is 41.5 Å². The van der Waals surface area contributed by atoms with Crippen LogP contribution >= 0.6 is 0 Å². The lowest BCUT2D eigenvalue weighted by Gasteiger charge is -2.17. The second-order valence-corrected chi connectivity index (χ2v) is 4.41. The first-order chi connectivity index (χ1) is 9.34. The van der Waals surface area contributed by atoms with Crippen molar-refractivity contribution in [2.45, 2.75) is 6.04 Å². The van der Waals surface area contributed by atoms with Gasteiger partial charge in [-0.3, -0.25) is 0 Å². The van der Waals surface area contributed by atoms with Crippen LogP contribution in [0.3, 0.4) is 0 Å². The summed E-state index contributed by atoms with van der Waals surface area (Å²) in [5.41, 5.74) is 3.04. The standard InChI is InChI=1S/C16H14N3/c1-13-12-19(18-17-13)16(14-8-4-2-5-9-14)15-10-6-3-7-11-15/h2-12,16H,1H2. The van der Waals surface area contributed by atoms with Gasteiger partial charge < -0.3 is 0 Å². The molecule has 0 saturated heterocycles. The lowest BCUT2D eigenvalue weighted by Crippen LogP contribution is -2.13. The number of aromatic nitrogens is 3. The summed E-state index contributed by atoms with van der Waals surface area (Å²) < 4.78 is 1.85. The molecule has 0 unspecified atom stereocenters. The average Bonchev–Trinajstić information content (AvgIpc) is 2.88. The van der Waals surface area contributed by atoms with Gasteiger partial charge >= 0.3 is 0 Å². The molecule has 19 heavy (non-hydrogen) atoms. The molecule has 0 amide bonds. The van der Waals surface area contributed by atoms with Gasteiger partial charge in [0.1, 0.15) is 6.04 Å². The molecule has 0 aliphatic rings. The molecule has 0 saturated carbocycles. The second kappa shape index (κ2) is 5.06. The first-order valence-corrected chi connectivity index (χ1v) is 6.18. The zero-order valence-corrected chi connectivity index (χ0v) is 10.5. The summed E-state index contributed by atoms with van der Waals surface area (Å²) in [7, 11) is 0. The van der Waals surface area contributed by atoms with Gasteiger partial charge in [-0.2, -0.15) is 0 Å². The average molecular weight is 248 g/mol. The number of hydrogen-bond donors (Lipinski definition) is 0. The Morgan fingerprint density at radius 1 is 0.842 bits per heavy atom. The maximum Gasteiger partial charge on any atom is 0.104 e. The number of rotatable bonds is 3. The van der Waals surface area contributed by atoms with Crippen molar-refractivity contribution >= 4 is 0 Å². The fraction of sp³-hybridized carbons (Fsp3) is 0.0625. The van der Waals surface area contributed by atoms with E-state index in [1.165, 1.54) is 11.1 Å². The molecule has 3 nitrogen and oxygen atoms in total. The molecule has 1 heterocycles. The SMILES string of the molecule is [CH2]c1cn(C(c2ccccc2)c2ccccc2)nn1. The Morgan fingerprint density at radius 2 is 1.37 bits per heavy atom. The van der Waals surface area contributed by atoms with Crippen LogP contribution in [-0.4, -0.2) is 15.0 Å². The molecule has 0 aliphatic carbocycles. The third-order valence-corrected chi connectivity index (χ3v) is 3.05. The molecule has 0 aliphatic heterocycles. The smallest absolute Gasteiger partial charge is 0.104 e. The Hall–Kier alpha value is -2.42. The van der Waals surface area contributed by atoms with E-state index in [1.54, 1.807) is 0 Å². The van der Waals surface area contributed by atoms with Crippen LogP contribution in [0.1, 0.15) is 22.9 Å². The molecule has 3 rings (SSSR count). The van der Waals surface area contributed by atoms with Crippen molar-refractivity contribution in [1.29, 1.82) is 0 Å². The lowest BCUT2D eigenvalue weighted by molar-refractivity contribution is 0.571. The summed E-state index contributed by atoms with van der Waals surface area (Å²) in [6, 6.07) is 20.6. The summed E-state index contributed by atoms with van der Waals surface area (Å²) in [5, 5.41) is 8.16. The van der Waals surface area contributed by atoms with Gasteiger partial charge in [0.15, 0.2) is 0 Å². The van der Waals surface area contributed by atoms with Crippen molar-refractivity contribution in [3.8, 4) is 0 Å². The Kier molecular flexibility index (Phi) is 3.11. The first-order valence-electron chi connectivity index (χ1n) is 6.18. The van der Waals surface area contributed by atoms with E-state index >= 15 is 0 Å². The van der Waals surface area contributed by atoms with E-state index in [0.717, 1.165) is 0 Å². The Morgan fingerprint density at radius 3 is 1.79 bits per heavy atom. The molecule has 0 fully saturated rings. The van der Waals surface area contributed by atoms with E-state index in [-0.39, 0.29) is 6.04 Å². The number of hydrogen-bond acceptors (Lipinski definition) is 2. The Labute approximate surface area is 112 Å². The van der Waals surface area contributed by atoms with Crippen molar-refractivity contribution < 1.29 is 0 Å². The van der Waals surface area contributed by atoms with E-state index in [0.29, 0.717) is 5.69 Å². The predicted molar refractivity (Wildman–Crippen MR) is 74.6 cm³/mol. The van der Waals surface area contributed by atoms with Crippen LogP contribution in [0.2, 0.25) is 0 Å². The maximum absolute atomic E-state index is 4.17. The van der Waals surface area contributed by atoms with Gasteiger partial charge in [-0.1, -0.05) is 65.9 Å². The summed E-state index contributed by atoms with van der Waals surface area (Å²) in [5.74, 6) is 0. The van der Waals surface area contributed by atoms with Gasteiger partial charge in [0.2, 0.25) is 0 Å². The molecule has 0 spiro atoms. The van der Waals surface area contributed by atoms with Crippen molar-refractivity contribution in [3.63, 3.8) is 0 Å². The zero-order chi connectivity index (χ0) is 13.1. The minimum Gasteiger partial charge on any atom is -0.240 e. The largest absolute Gasteiger partial charge is 0.240 e. The van der Waals surface area contributed by atoms with Crippen LogP contribution in [0.5, 0.6) is 0 Å². The second-order valence-electron chi connectivity index (χ2n) is 4.41. The van der Waals surface area contributed by atoms with Gasteiger partial charge in [0.05, 0.1) is 5.69 Å². The van der Waals surface area contributed by atoms with Gasteiger partial charge in [0.25, 0.3) is 0 Å². The zero-order valence-electron chi connectivity index (χ0n) is 10.5. The molecule has 0 N–H and O–H groups in total. The quantitative estimate of drug-likeness (QED) is 0.713. The molecule has 2 aromatic carbocycles. The van der Waals surface area contributed by atoms with Crippen molar-refractivity contribution in [1.82, 2.24) is 15.0 Å². The minimum absolute atomic E-state index is 0.0328.